The lowest BCUT2D eigenvalue weighted by Crippen LogP contribution is -2.37. The minimum absolute atomic E-state index is 1.23. The van der Waals surface area contributed by atoms with Gasteiger partial charge in [0, 0.05) is 6.42 Å². The SMILES string of the molecule is CCCCCCCCCCCCCCCCC[n+]1ccn(CCCCCCCCCCCCCCCC)c1CCCCCCCCCCCC. The van der Waals surface area contributed by atoms with E-state index in [0.29, 0.717) is 0 Å². The van der Waals surface area contributed by atoms with E-state index in [9.17, 15) is 0 Å². The maximum absolute atomic E-state index is 2.65. The third-order valence-electron chi connectivity index (χ3n) is 11.6. The zero-order valence-electron chi connectivity index (χ0n) is 35.2. The lowest BCUT2D eigenvalue weighted by atomic mass is 10.0. The van der Waals surface area contributed by atoms with Crippen LogP contribution in [0.15, 0.2) is 12.4 Å². The van der Waals surface area contributed by atoms with Crippen molar-refractivity contribution in [2.24, 2.45) is 0 Å². The van der Waals surface area contributed by atoms with Gasteiger partial charge in [-0.25, -0.2) is 9.13 Å². The van der Waals surface area contributed by atoms with Crippen molar-refractivity contribution in [1.29, 1.82) is 0 Å². The zero-order chi connectivity index (χ0) is 35.8. The highest BCUT2D eigenvalue weighted by atomic mass is 15.1. The Morgan fingerprint density at radius 1 is 0.340 bits per heavy atom. The molecule has 2 nitrogen and oxygen atoms in total. The number of unbranched alkanes of at least 4 members (excludes halogenated alkanes) is 36. The first-order chi connectivity index (χ1) is 24.8. The third-order valence-corrected chi connectivity index (χ3v) is 11.6. The summed E-state index contributed by atoms with van der Waals surface area (Å²) in [4.78, 5) is 0. The molecule has 0 N–H and O–H groups in total. The molecule has 1 aromatic heterocycles. The molecule has 0 radical (unpaired) electrons. The molecule has 0 unspecified atom stereocenters. The standard InChI is InChI=1S/C48H95N2/c1-4-7-10-13-16-19-22-24-26-28-30-33-36-39-42-45-50-47-46-49(48(50)43-40-37-34-31-21-18-15-12-9-6-3)44-41-38-35-32-29-27-25-23-20-17-14-11-8-5-2/h46-47H,4-45H2,1-3H3/q+1. The Labute approximate surface area is 317 Å². The largest absolute Gasteiger partial charge is 0.256 e. The van der Waals surface area contributed by atoms with Gasteiger partial charge < -0.3 is 0 Å². The van der Waals surface area contributed by atoms with Crippen LogP contribution in [0, 0.1) is 0 Å². The van der Waals surface area contributed by atoms with Gasteiger partial charge in [-0.2, -0.15) is 0 Å². The van der Waals surface area contributed by atoms with Gasteiger partial charge in [0.1, 0.15) is 12.4 Å². The van der Waals surface area contributed by atoms with E-state index >= 15 is 0 Å². The molecule has 0 bridgehead atoms. The highest BCUT2D eigenvalue weighted by molar-refractivity contribution is 4.84. The van der Waals surface area contributed by atoms with Gasteiger partial charge in [-0.3, -0.25) is 0 Å². The summed E-state index contributed by atoms with van der Waals surface area (Å²) >= 11 is 0. The van der Waals surface area contributed by atoms with Gasteiger partial charge in [0.05, 0.1) is 13.1 Å². The maximum Gasteiger partial charge on any atom is 0.256 e. The fraction of sp³-hybridized carbons (Fsp3) is 0.938. The Morgan fingerprint density at radius 3 is 0.960 bits per heavy atom. The molecule has 1 rings (SSSR count). The van der Waals surface area contributed by atoms with Crippen LogP contribution in [0.4, 0.5) is 0 Å². The summed E-state index contributed by atoms with van der Waals surface area (Å²) in [6.45, 7) is 9.42. The Kier molecular flexibility index (Phi) is 37.2. The van der Waals surface area contributed by atoms with Gasteiger partial charge in [0.2, 0.25) is 0 Å². The average Bonchev–Trinajstić information content (AvgIpc) is 3.51. The van der Waals surface area contributed by atoms with Crippen LogP contribution < -0.4 is 4.57 Å². The Hall–Kier alpha value is -0.790. The molecule has 0 aliphatic heterocycles. The van der Waals surface area contributed by atoms with Crippen molar-refractivity contribution >= 4 is 0 Å². The van der Waals surface area contributed by atoms with E-state index in [1.165, 1.54) is 270 Å². The number of hydrogen-bond donors (Lipinski definition) is 0. The van der Waals surface area contributed by atoms with Gasteiger partial charge in [0.15, 0.2) is 0 Å². The van der Waals surface area contributed by atoms with Gasteiger partial charge in [-0.1, -0.05) is 239 Å². The molecule has 0 saturated heterocycles. The molecular weight excluding hydrogens is 605 g/mol. The zero-order valence-corrected chi connectivity index (χ0v) is 35.2. The van der Waals surface area contributed by atoms with Crippen LogP contribution in [0.5, 0.6) is 0 Å². The van der Waals surface area contributed by atoms with E-state index in [-0.39, 0.29) is 0 Å². The fourth-order valence-corrected chi connectivity index (χ4v) is 8.09. The molecule has 0 atom stereocenters. The number of nitrogens with zero attached hydrogens (tertiary/aromatic N) is 2. The average molecular weight is 700 g/mol. The molecule has 0 spiro atoms. The smallest absolute Gasteiger partial charge is 0.234 e. The van der Waals surface area contributed by atoms with Gasteiger partial charge in [0.25, 0.3) is 5.82 Å². The first kappa shape index (κ1) is 47.2. The molecule has 0 aliphatic carbocycles. The lowest BCUT2D eigenvalue weighted by molar-refractivity contribution is -0.704. The van der Waals surface area contributed by atoms with Crippen LogP contribution in [-0.2, 0) is 19.5 Å². The van der Waals surface area contributed by atoms with Crippen molar-refractivity contribution in [2.45, 2.75) is 291 Å². The van der Waals surface area contributed by atoms with Crippen LogP contribution in [0.25, 0.3) is 0 Å². The molecule has 0 aliphatic rings. The Morgan fingerprint density at radius 2 is 0.620 bits per heavy atom. The minimum Gasteiger partial charge on any atom is -0.234 e. The fourth-order valence-electron chi connectivity index (χ4n) is 8.09. The lowest BCUT2D eigenvalue weighted by Gasteiger charge is -2.07. The maximum atomic E-state index is 2.65. The van der Waals surface area contributed by atoms with E-state index in [4.69, 9.17) is 0 Å². The summed E-state index contributed by atoms with van der Waals surface area (Å²) in [6, 6.07) is 0. The Bertz CT molecular complexity index is 766. The van der Waals surface area contributed by atoms with Gasteiger partial charge in [-0.05, 0) is 32.1 Å². The first-order valence-corrected chi connectivity index (χ1v) is 23.9. The van der Waals surface area contributed by atoms with E-state index in [1.807, 2.05) is 0 Å². The Balaban J connectivity index is 2.25. The summed E-state index contributed by atoms with van der Waals surface area (Å²) in [5.74, 6) is 1.63. The number of imidazole rings is 1. The molecule has 2 heteroatoms. The van der Waals surface area contributed by atoms with E-state index < -0.39 is 0 Å². The number of hydrogen-bond acceptors (Lipinski definition) is 0. The second-order valence-electron chi connectivity index (χ2n) is 16.6. The van der Waals surface area contributed by atoms with Crippen molar-refractivity contribution in [2.75, 3.05) is 0 Å². The van der Waals surface area contributed by atoms with E-state index in [2.05, 4.69) is 42.3 Å². The van der Waals surface area contributed by atoms with Crippen molar-refractivity contribution < 1.29 is 4.57 Å². The third kappa shape index (κ3) is 30.8. The summed E-state index contributed by atoms with van der Waals surface area (Å²) in [5.41, 5.74) is 0. The molecule has 0 amide bonds. The summed E-state index contributed by atoms with van der Waals surface area (Å²) in [7, 11) is 0. The highest BCUT2D eigenvalue weighted by Gasteiger charge is 2.16. The highest BCUT2D eigenvalue weighted by Crippen LogP contribution is 2.16. The van der Waals surface area contributed by atoms with Crippen LogP contribution in [0.3, 0.4) is 0 Å². The molecule has 0 aromatic carbocycles. The van der Waals surface area contributed by atoms with E-state index in [0.717, 1.165) is 0 Å². The van der Waals surface area contributed by atoms with Gasteiger partial charge in [-0.15, -0.1) is 0 Å². The topological polar surface area (TPSA) is 8.81 Å². The molecular formula is C48H95N2+. The molecule has 296 valence electrons. The predicted octanol–water partition coefficient (Wildman–Crippen LogP) is 16.6. The molecule has 1 aromatic rings. The van der Waals surface area contributed by atoms with Gasteiger partial charge >= 0.3 is 0 Å². The second-order valence-corrected chi connectivity index (χ2v) is 16.6. The van der Waals surface area contributed by atoms with Crippen LogP contribution in [0.2, 0.25) is 0 Å². The number of rotatable bonds is 42. The molecule has 50 heavy (non-hydrogen) atoms. The molecule has 1 heterocycles. The summed E-state index contributed by atoms with van der Waals surface area (Å²) in [6.07, 6.45) is 62.3. The van der Waals surface area contributed by atoms with Crippen LogP contribution in [-0.4, -0.2) is 4.57 Å². The second kappa shape index (κ2) is 39.4. The van der Waals surface area contributed by atoms with Crippen LogP contribution in [0.1, 0.15) is 277 Å². The molecule has 0 fully saturated rings. The minimum atomic E-state index is 1.23. The van der Waals surface area contributed by atoms with Crippen LogP contribution >= 0.6 is 0 Å². The van der Waals surface area contributed by atoms with Crippen molar-refractivity contribution in [3.63, 3.8) is 0 Å². The molecule has 0 saturated carbocycles. The number of aromatic nitrogens is 2. The summed E-state index contributed by atoms with van der Waals surface area (Å²) in [5, 5.41) is 0. The predicted molar refractivity (Wildman–Crippen MR) is 225 cm³/mol. The number of aryl methyl sites for hydroxylation is 2. The monoisotopic (exact) mass is 700 g/mol. The van der Waals surface area contributed by atoms with Crippen molar-refractivity contribution in [3.8, 4) is 0 Å². The quantitative estimate of drug-likeness (QED) is 0.0474. The van der Waals surface area contributed by atoms with E-state index in [1.54, 1.807) is 5.82 Å². The van der Waals surface area contributed by atoms with Crippen molar-refractivity contribution in [3.05, 3.63) is 18.2 Å². The van der Waals surface area contributed by atoms with Crippen molar-refractivity contribution in [1.82, 2.24) is 4.57 Å². The first-order valence-electron chi connectivity index (χ1n) is 23.9. The normalized spacial score (nSPS) is 11.7. The summed E-state index contributed by atoms with van der Waals surface area (Å²) < 4.78 is 5.30.